The van der Waals surface area contributed by atoms with Crippen molar-refractivity contribution in [3.8, 4) is 0 Å². The van der Waals surface area contributed by atoms with Crippen molar-refractivity contribution in [2.45, 2.75) is 57.5 Å². The maximum absolute atomic E-state index is 13.8. The van der Waals surface area contributed by atoms with Gasteiger partial charge in [-0.25, -0.2) is 4.79 Å². The molecule has 13 heteroatoms. The Balaban J connectivity index is 2.25. The first kappa shape index (κ1) is 32.8. The monoisotopic (exact) mass is 617 g/mol. The standard InChI is InChI=1S/C26H24Cl3F6NO3/c1-24(2,3)39-23(38)36-10-4-5-21(37)16-8-6-14(11-18(16)26(33,34)35)7-9-17(25(30,31)32)15-12-19(27)22(29)20(28)13-15/h6-9,11-13,17H,4-5,10H2,1-3H3,(H,36,38)/b9-7+. The van der Waals surface area contributed by atoms with Crippen LogP contribution in [0.2, 0.25) is 15.1 Å². The van der Waals surface area contributed by atoms with Crippen molar-refractivity contribution in [3.63, 3.8) is 0 Å². The molecule has 2 aromatic carbocycles. The first-order valence-electron chi connectivity index (χ1n) is 11.4. The quantitative estimate of drug-likeness (QED) is 0.139. The molecule has 0 saturated carbocycles. The average molecular weight is 619 g/mol. The third-order valence-electron chi connectivity index (χ3n) is 5.10. The molecule has 214 valence electrons. The van der Waals surface area contributed by atoms with Gasteiger partial charge >= 0.3 is 18.4 Å². The Morgan fingerprint density at radius 1 is 0.974 bits per heavy atom. The summed E-state index contributed by atoms with van der Waals surface area (Å²) >= 11 is 17.5. The summed E-state index contributed by atoms with van der Waals surface area (Å²) in [5, 5.41) is 1.83. The summed E-state index contributed by atoms with van der Waals surface area (Å²) in [5.74, 6) is -3.10. The van der Waals surface area contributed by atoms with Crippen molar-refractivity contribution in [1.82, 2.24) is 5.32 Å². The number of halogens is 9. The maximum atomic E-state index is 13.8. The lowest BCUT2D eigenvalue weighted by Crippen LogP contribution is -2.33. The summed E-state index contributed by atoms with van der Waals surface area (Å²) in [6.45, 7) is 4.94. The number of allylic oxidation sites excluding steroid dienone is 1. The van der Waals surface area contributed by atoms with Gasteiger partial charge in [0.2, 0.25) is 0 Å². The molecule has 2 aromatic rings. The molecule has 1 atom stereocenters. The van der Waals surface area contributed by atoms with E-state index in [2.05, 4.69) is 5.32 Å². The van der Waals surface area contributed by atoms with Gasteiger partial charge in [0.15, 0.2) is 5.78 Å². The van der Waals surface area contributed by atoms with Crippen molar-refractivity contribution in [3.05, 3.63) is 73.7 Å². The van der Waals surface area contributed by atoms with Crippen molar-refractivity contribution in [2.24, 2.45) is 0 Å². The second-order valence-corrected chi connectivity index (χ2v) is 10.6. The second kappa shape index (κ2) is 12.8. The highest BCUT2D eigenvalue weighted by Gasteiger charge is 2.40. The number of rotatable bonds is 8. The van der Waals surface area contributed by atoms with Gasteiger partial charge in [-0.15, -0.1) is 0 Å². The Morgan fingerprint density at radius 2 is 1.56 bits per heavy atom. The van der Waals surface area contributed by atoms with E-state index in [1.165, 1.54) is 0 Å². The maximum Gasteiger partial charge on any atom is 0.417 e. The molecule has 0 aliphatic rings. The fourth-order valence-corrected chi connectivity index (χ4v) is 4.02. The molecular weight excluding hydrogens is 595 g/mol. The van der Waals surface area contributed by atoms with E-state index >= 15 is 0 Å². The number of benzene rings is 2. The minimum absolute atomic E-state index is 0.0135. The largest absolute Gasteiger partial charge is 0.444 e. The van der Waals surface area contributed by atoms with Gasteiger partial charge < -0.3 is 10.1 Å². The summed E-state index contributed by atoms with van der Waals surface area (Å²) in [4.78, 5) is 24.2. The summed E-state index contributed by atoms with van der Waals surface area (Å²) in [7, 11) is 0. The highest BCUT2D eigenvalue weighted by molar-refractivity contribution is 6.48. The lowest BCUT2D eigenvalue weighted by atomic mass is 9.95. The molecule has 0 aromatic heterocycles. The van der Waals surface area contributed by atoms with Gasteiger partial charge in [-0.1, -0.05) is 59.1 Å². The van der Waals surface area contributed by atoms with Crippen LogP contribution < -0.4 is 5.32 Å². The predicted molar refractivity (Wildman–Crippen MR) is 139 cm³/mol. The lowest BCUT2D eigenvalue weighted by Gasteiger charge is -2.19. The SMILES string of the molecule is CC(C)(C)OC(=O)NCCCC(=O)c1ccc(/C=C/C(c2cc(Cl)c(Cl)c(Cl)c2)C(F)(F)F)cc1C(F)(F)F. The minimum Gasteiger partial charge on any atom is -0.444 e. The Hall–Kier alpha value is -2.43. The Labute approximate surface area is 236 Å². The Morgan fingerprint density at radius 3 is 2.08 bits per heavy atom. The number of hydrogen-bond donors (Lipinski definition) is 1. The van der Waals surface area contributed by atoms with Crippen molar-refractivity contribution in [2.75, 3.05) is 6.54 Å². The summed E-state index contributed by atoms with van der Waals surface area (Å²) < 4.78 is 87.6. The molecule has 0 saturated heterocycles. The number of alkyl carbamates (subject to hydrolysis) is 1. The molecule has 4 nitrogen and oxygen atoms in total. The number of ether oxygens (including phenoxy) is 1. The van der Waals surface area contributed by atoms with E-state index in [4.69, 9.17) is 39.5 Å². The van der Waals surface area contributed by atoms with E-state index in [1.54, 1.807) is 20.8 Å². The van der Waals surface area contributed by atoms with Crippen LogP contribution in [0.5, 0.6) is 0 Å². The Kier molecular flexibility index (Phi) is 10.8. The number of amides is 1. The zero-order valence-electron chi connectivity index (χ0n) is 20.9. The molecule has 0 aliphatic carbocycles. The van der Waals surface area contributed by atoms with Gasteiger partial charge in [0, 0.05) is 18.5 Å². The second-order valence-electron chi connectivity index (χ2n) is 9.44. The molecule has 1 amide bonds. The van der Waals surface area contributed by atoms with Gasteiger partial charge in [-0.2, -0.15) is 26.3 Å². The predicted octanol–water partition coefficient (Wildman–Crippen LogP) is 9.51. The molecule has 0 aliphatic heterocycles. The summed E-state index contributed by atoms with van der Waals surface area (Å²) in [6, 6.07) is 4.55. The number of hydrogen-bond acceptors (Lipinski definition) is 3. The van der Waals surface area contributed by atoms with E-state index in [0.717, 1.165) is 30.3 Å². The molecule has 0 spiro atoms. The fourth-order valence-electron chi connectivity index (χ4n) is 3.40. The van der Waals surface area contributed by atoms with Gasteiger partial charge in [-0.05, 0) is 56.5 Å². The zero-order valence-corrected chi connectivity index (χ0v) is 23.1. The lowest BCUT2D eigenvalue weighted by molar-refractivity contribution is -0.139. The smallest absolute Gasteiger partial charge is 0.417 e. The number of ketones is 1. The number of alkyl halides is 6. The molecule has 39 heavy (non-hydrogen) atoms. The molecule has 0 radical (unpaired) electrons. The number of Topliss-reactive ketones (excluding diaryl/α,β-unsaturated/α-hetero) is 1. The Bertz CT molecular complexity index is 1210. The average Bonchev–Trinajstić information content (AvgIpc) is 2.77. The molecule has 0 bridgehead atoms. The third-order valence-corrected chi connectivity index (χ3v) is 6.29. The van der Waals surface area contributed by atoms with Crippen LogP contribution in [-0.2, 0) is 10.9 Å². The van der Waals surface area contributed by atoms with Crippen LogP contribution in [-0.4, -0.2) is 30.2 Å². The fraction of sp³-hybridized carbons (Fsp3) is 0.385. The van der Waals surface area contributed by atoms with E-state index in [9.17, 15) is 35.9 Å². The molecule has 1 N–H and O–H groups in total. The number of carbonyl (C=O) groups excluding carboxylic acids is 2. The van der Waals surface area contributed by atoms with Crippen LogP contribution in [0, 0.1) is 0 Å². The van der Waals surface area contributed by atoms with Gasteiger partial charge in [0.25, 0.3) is 0 Å². The van der Waals surface area contributed by atoms with Crippen LogP contribution in [0.15, 0.2) is 36.4 Å². The van der Waals surface area contributed by atoms with Crippen LogP contribution in [0.25, 0.3) is 6.08 Å². The number of nitrogens with one attached hydrogen (secondary N) is 1. The third kappa shape index (κ3) is 9.92. The summed E-state index contributed by atoms with van der Waals surface area (Å²) in [5.41, 5.74) is -3.25. The van der Waals surface area contributed by atoms with Gasteiger partial charge in [0.05, 0.1) is 26.5 Å². The minimum atomic E-state index is -4.95. The van der Waals surface area contributed by atoms with Crippen molar-refractivity contribution in [1.29, 1.82) is 0 Å². The van der Waals surface area contributed by atoms with Crippen molar-refractivity contribution < 1.29 is 40.7 Å². The molecule has 1 unspecified atom stereocenters. The van der Waals surface area contributed by atoms with Crippen LogP contribution in [0.3, 0.4) is 0 Å². The highest BCUT2D eigenvalue weighted by atomic mass is 35.5. The van der Waals surface area contributed by atoms with E-state index in [1.807, 2.05) is 0 Å². The van der Waals surface area contributed by atoms with Crippen LogP contribution in [0.1, 0.15) is 66.6 Å². The zero-order chi connectivity index (χ0) is 29.8. The summed E-state index contributed by atoms with van der Waals surface area (Å²) in [6.07, 6.45) is -9.27. The van der Waals surface area contributed by atoms with Crippen LogP contribution >= 0.6 is 34.8 Å². The van der Waals surface area contributed by atoms with E-state index < -0.39 is 46.9 Å². The van der Waals surface area contributed by atoms with Gasteiger partial charge in [0.1, 0.15) is 5.60 Å². The molecule has 2 rings (SSSR count). The molecule has 0 heterocycles. The molecule has 0 fully saturated rings. The van der Waals surface area contributed by atoms with Crippen LogP contribution in [0.4, 0.5) is 31.1 Å². The van der Waals surface area contributed by atoms with Crippen molar-refractivity contribution >= 4 is 52.8 Å². The van der Waals surface area contributed by atoms with Gasteiger partial charge in [-0.3, -0.25) is 4.79 Å². The first-order valence-corrected chi connectivity index (χ1v) is 12.5. The molecular formula is C26H24Cl3F6NO3. The normalized spacial score (nSPS) is 13.4. The highest BCUT2D eigenvalue weighted by Crippen LogP contribution is 2.41. The van der Waals surface area contributed by atoms with E-state index in [-0.39, 0.29) is 45.6 Å². The number of carbonyl (C=O) groups is 2. The first-order chi connectivity index (χ1) is 17.8. The van der Waals surface area contributed by atoms with E-state index in [0.29, 0.717) is 12.1 Å². The topological polar surface area (TPSA) is 55.4 Å².